The largest absolute Gasteiger partial charge is 0.396 e. The van der Waals surface area contributed by atoms with Gasteiger partial charge in [0.15, 0.2) is 0 Å². The number of hydrogen-bond donors (Lipinski definition) is 2. The Labute approximate surface area is 108 Å². The molecule has 5 heteroatoms. The molecule has 0 saturated carbocycles. The molecule has 2 rings (SSSR count). The van der Waals surface area contributed by atoms with Crippen LogP contribution in [0.25, 0.3) is 0 Å². The summed E-state index contributed by atoms with van der Waals surface area (Å²) < 4.78 is 0.884. The standard InChI is InChI=1S/C12H13BrN4/c13-10-7-11(14)12(17-8-10)16-6-3-9-1-4-15-5-2-9/h1-2,4-5,7-8H,3,6,14H2,(H,16,17). The summed E-state index contributed by atoms with van der Waals surface area (Å²) >= 11 is 3.32. The van der Waals surface area contributed by atoms with Crippen LogP contribution in [0.3, 0.4) is 0 Å². The first kappa shape index (κ1) is 11.9. The van der Waals surface area contributed by atoms with Crippen LogP contribution in [0.15, 0.2) is 41.3 Å². The van der Waals surface area contributed by atoms with Gasteiger partial charge in [-0.05, 0) is 46.1 Å². The van der Waals surface area contributed by atoms with Crippen LogP contribution in [0.5, 0.6) is 0 Å². The Balaban J connectivity index is 1.90. The van der Waals surface area contributed by atoms with Gasteiger partial charge in [0.05, 0.1) is 5.69 Å². The minimum atomic E-state index is 0.647. The quantitative estimate of drug-likeness (QED) is 0.909. The Morgan fingerprint density at radius 1 is 1.29 bits per heavy atom. The zero-order valence-electron chi connectivity index (χ0n) is 9.23. The molecule has 0 aliphatic heterocycles. The molecule has 0 spiro atoms. The SMILES string of the molecule is Nc1cc(Br)cnc1NCCc1ccncc1. The highest BCUT2D eigenvalue weighted by Crippen LogP contribution is 2.19. The molecule has 88 valence electrons. The van der Waals surface area contributed by atoms with Crippen LogP contribution >= 0.6 is 15.9 Å². The van der Waals surface area contributed by atoms with Crippen LogP contribution in [0.1, 0.15) is 5.56 Å². The van der Waals surface area contributed by atoms with E-state index < -0.39 is 0 Å². The first-order valence-electron chi connectivity index (χ1n) is 5.29. The van der Waals surface area contributed by atoms with Gasteiger partial charge in [-0.3, -0.25) is 4.98 Å². The highest BCUT2D eigenvalue weighted by Gasteiger charge is 2.00. The van der Waals surface area contributed by atoms with Crippen LogP contribution in [0, 0.1) is 0 Å². The second kappa shape index (κ2) is 5.63. The normalized spacial score (nSPS) is 10.2. The number of anilines is 2. The van der Waals surface area contributed by atoms with E-state index in [1.54, 1.807) is 18.6 Å². The maximum atomic E-state index is 5.84. The van der Waals surface area contributed by atoms with Crippen molar-refractivity contribution in [1.82, 2.24) is 9.97 Å². The number of nitrogens with two attached hydrogens (primary N) is 1. The summed E-state index contributed by atoms with van der Waals surface area (Å²) in [6.07, 6.45) is 6.23. The number of halogens is 1. The molecule has 0 fully saturated rings. The summed E-state index contributed by atoms with van der Waals surface area (Å²) in [5.41, 5.74) is 7.72. The van der Waals surface area contributed by atoms with Crippen LogP contribution < -0.4 is 11.1 Å². The van der Waals surface area contributed by atoms with Crippen LogP contribution in [0.2, 0.25) is 0 Å². The third kappa shape index (κ3) is 3.42. The van der Waals surface area contributed by atoms with E-state index in [1.165, 1.54) is 5.56 Å². The average molecular weight is 293 g/mol. The number of aromatic nitrogens is 2. The van der Waals surface area contributed by atoms with E-state index in [0.29, 0.717) is 5.69 Å². The second-order valence-electron chi connectivity index (χ2n) is 3.62. The molecule has 0 aromatic carbocycles. The van der Waals surface area contributed by atoms with E-state index >= 15 is 0 Å². The summed E-state index contributed by atoms with van der Waals surface area (Å²) in [5.74, 6) is 0.724. The van der Waals surface area contributed by atoms with E-state index in [9.17, 15) is 0 Å². The maximum absolute atomic E-state index is 5.84. The van der Waals surface area contributed by atoms with Crippen LogP contribution in [0.4, 0.5) is 11.5 Å². The zero-order valence-corrected chi connectivity index (χ0v) is 10.8. The van der Waals surface area contributed by atoms with Gasteiger partial charge < -0.3 is 11.1 Å². The Kier molecular flexibility index (Phi) is 3.93. The molecule has 0 amide bonds. The van der Waals surface area contributed by atoms with E-state index in [-0.39, 0.29) is 0 Å². The minimum absolute atomic E-state index is 0.647. The average Bonchev–Trinajstić information content (AvgIpc) is 2.33. The number of hydrogen-bond acceptors (Lipinski definition) is 4. The zero-order chi connectivity index (χ0) is 12.1. The molecule has 0 radical (unpaired) electrons. The van der Waals surface area contributed by atoms with Gasteiger partial charge in [-0.1, -0.05) is 0 Å². The van der Waals surface area contributed by atoms with Crippen molar-refractivity contribution in [3.63, 3.8) is 0 Å². The molecule has 2 heterocycles. The van der Waals surface area contributed by atoms with E-state index in [4.69, 9.17) is 5.73 Å². The molecule has 3 N–H and O–H groups in total. The number of nitrogens with one attached hydrogen (secondary N) is 1. The van der Waals surface area contributed by atoms with Gasteiger partial charge in [0.25, 0.3) is 0 Å². The molecule has 0 bridgehead atoms. The Bertz CT molecular complexity index is 487. The molecule has 0 unspecified atom stereocenters. The predicted molar refractivity (Wildman–Crippen MR) is 72.8 cm³/mol. The molecule has 0 aliphatic rings. The molecule has 0 atom stereocenters. The van der Waals surface area contributed by atoms with E-state index in [1.807, 2.05) is 18.2 Å². The summed E-state index contributed by atoms with van der Waals surface area (Å²) in [6.45, 7) is 0.794. The predicted octanol–water partition coefficient (Wildman–Crippen LogP) is 2.48. The molecule has 2 aromatic heterocycles. The second-order valence-corrected chi connectivity index (χ2v) is 4.54. The Morgan fingerprint density at radius 3 is 2.76 bits per heavy atom. The van der Waals surface area contributed by atoms with Crippen molar-refractivity contribution in [1.29, 1.82) is 0 Å². The third-order valence-corrected chi connectivity index (χ3v) is 2.77. The summed E-state index contributed by atoms with van der Waals surface area (Å²) in [6, 6.07) is 5.84. The van der Waals surface area contributed by atoms with Crippen LogP contribution in [-0.4, -0.2) is 16.5 Å². The molecule has 4 nitrogen and oxygen atoms in total. The van der Waals surface area contributed by atoms with Crippen molar-refractivity contribution in [3.8, 4) is 0 Å². The van der Waals surface area contributed by atoms with Gasteiger partial charge in [0, 0.05) is 29.6 Å². The van der Waals surface area contributed by atoms with Crippen LogP contribution in [-0.2, 0) is 6.42 Å². The van der Waals surface area contributed by atoms with Crippen molar-refractivity contribution >= 4 is 27.4 Å². The number of pyridine rings is 2. The van der Waals surface area contributed by atoms with Gasteiger partial charge in [-0.25, -0.2) is 4.98 Å². The van der Waals surface area contributed by atoms with Gasteiger partial charge in [-0.15, -0.1) is 0 Å². The smallest absolute Gasteiger partial charge is 0.149 e. The van der Waals surface area contributed by atoms with Crippen molar-refractivity contribution in [2.24, 2.45) is 0 Å². The summed E-state index contributed by atoms with van der Waals surface area (Å²) in [4.78, 5) is 8.19. The first-order valence-corrected chi connectivity index (χ1v) is 6.09. The van der Waals surface area contributed by atoms with Gasteiger partial charge in [0.1, 0.15) is 5.82 Å². The number of rotatable bonds is 4. The minimum Gasteiger partial charge on any atom is -0.396 e. The molecular weight excluding hydrogens is 280 g/mol. The topological polar surface area (TPSA) is 63.8 Å². The van der Waals surface area contributed by atoms with Gasteiger partial charge in [-0.2, -0.15) is 0 Å². The van der Waals surface area contributed by atoms with Crippen molar-refractivity contribution < 1.29 is 0 Å². The third-order valence-electron chi connectivity index (χ3n) is 2.34. The lowest BCUT2D eigenvalue weighted by atomic mass is 10.2. The molecule has 17 heavy (non-hydrogen) atoms. The summed E-state index contributed by atoms with van der Waals surface area (Å²) in [5, 5.41) is 3.21. The number of nitrogens with zero attached hydrogens (tertiary/aromatic N) is 2. The van der Waals surface area contributed by atoms with Gasteiger partial charge >= 0.3 is 0 Å². The fourth-order valence-electron chi connectivity index (χ4n) is 1.48. The number of nitrogen functional groups attached to an aromatic ring is 1. The fourth-order valence-corrected chi connectivity index (χ4v) is 1.83. The molecule has 2 aromatic rings. The lowest BCUT2D eigenvalue weighted by Crippen LogP contribution is -2.08. The van der Waals surface area contributed by atoms with Crippen molar-refractivity contribution in [2.75, 3.05) is 17.6 Å². The van der Waals surface area contributed by atoms with E-state index in [0.717, 1.165) is 23.3 Å². The molecular formula is C12H13BrN4. The highest BCUT2D eigenvalue weighted by atomic mass is 79.9. The van der Waals surface area contributed by atoms with Crippen molar-refractivity contribution in [2.45, 2.75) is 6.42 Å². The summed E-state index contributed by atoms with van der Waals surface area (Å²) in [7, 11) is 0. The maximum Gasteiger partial charge on any atom is 0.149 e. The first-order chi connectivity index (χ1) is 8.25. The fraction of sp³-hybridized carbons (Fsp3) is 0.167. The van der Waals surface area contributed by atoms with Gasteiger partial charge in [0.2, 0.25) is 0 Å². The van der Waals surface area contributed by atoms with E-state index in [2.05, 4.69) is 31.2 Å². The highest BCUT2D eigenvalue weighted by molar-refractivity contribution is 9.10. The Morgan fingerprint density at radius 2 is 2.06 bits per heavy atom. The Hall–Kier alpha value is -1.62. The van der Waals surface area contributed by atoms with Crippen molar-refractivity contribution in [3.05, 3.63) is 46.8 Å². The monoisotopic (exact) mass is 292 g/mol. The lowest BCUT2D eigenvalue weighted by molar-refractivity contribution is 1.00. The lowest BCUT2D eigenvalue weighted by Gasteiger charge is -2.08. The molecule has 0 saturated heterocycles. The molecule has 0 aliphatic carbocycles.